The molecule has 0 saturated carbocycles. The first kappa shape index (κ1) is 19.1. The molecule has 0 radical (unpaired) electrons. The Labute approximate surface area is 171 Å². The van der Waals surface area contributed by atoms with Crippen LogP contribution in [0.1, 0.15) is 42.1 Å². The number of hydrogen-bond donors (Lipinski definition) is 3. The molecule has 2 aromatic heterocycles. The third-order valence-corrected chi connectivity index (χ3v) is 5.08. The largest absolute Gasteiger partial charge is 0.373 e. The van der Waals surface area contributed by atoms with E-state index in [2.05, 4.69) is 96.9 Å². The molecule has 0 aliphatic rings. The summed E-state index contributed by atoms with van der Waals surface area (Å²) in [5.41, 5.74) is 8.33. The molecule has 0 unspecified atom stereocenters. The molecule has 6 heteroatoms. The maximum absolute atomic E-state index is 4.41. The van der Waals surface area contributed by atoms with Crippen LogP contribution in [-0.2, 0) is 5.54 Å². The van der Waals surface area contributed by atoms with E-state index >= 15 is 0 Å². The first-order valence-corrected chi connectivity index (χ1v) is 9.87. The Balaban J connectivity index is 1.63. The van der Waals surface area contributed by atoms with E-state index < -0.39 is 5.54 Å². The first-order chi connectivity index (χ1) is 13.7. The molecule has 0 amide bonds. The number of benzene rings is 2. The normalized spacial score (nSPS) is 11.8. The molecule has 4 rings (SSSR count). The predicted molar refractivity (Wildman–Crippen MR) is 119 cm³/mol. The number of fused-ring (bicyclic) bond motifs is 1. The predicted octanol–water partition coefficient (Wildman–Crippen LogP) is 5.38. The molecule has 2 heterocycles. The Hall–Kier alpha value is -3.28. The van der Waals surface area contributed by atoms with Gasteiger partial charge < -0.3 is 10.6 Å². The van der Waals surface area contributed by atoms with Crippen molar-refractivity contribution in [2.75, 3.05) is 10.6 Å². The number of anilines is 3. The molecular weight excluding hydrogens is 360 g/mol. The summed E-state index contributed by atoms with van der Waals surface area (Å²) in [5, 5.41) is 19.2. The number of aryl methyl sites for hydroxylation is 4. The highest BCUT2D eigenvalue weighted by atomic mass is 15.4. The van der Waals surface area contributed by atoms with Gasteiger partial charge in [0.2, 0.25) is 0 Å². The van der Waals surface area contributed by atoms with Crippen LogP contribution in [-0.4, -0.2) is 19.8 Å². The average Bonchev–Trinajstić information content (AvgIpc) is 3.15. The lowest BCUT2D eigenvalue weighted by Gasteiger charge is -2.27. The van der Waals surface area contributed by atoms with Crippen molar-refractivity contribution in [2.24, 2.45) is 0 Å². The summed E-state index contributed by atoms with van der Waals surface area (Å²) in [6.07, 6.45) is 0. The quantitative estimate of drug-likeness (QED) is 0.429. The summed E-state index contributed by atoms with van der Waals surface area (Å²) in [5.74, 6) is 0.840. The van der Waals surface area contributed by atoms with Crippen LogP contribution in [0.5, 0.6) is 0 Å². The number of hydrogen-bond acceptors (Lipinski definition) is 4. The Bertz CT molecular complexity index is 1160. The van der Waals surface area contributed by atoms with Crippen molar-refractivity contribution < 1.29 is 0 Å². The lowest BCUT2D eigenvalue weighted by Crippen LogP contribution is -2.31. The van der Waals surface area contributed by atoms with Gasteiger partial charge in [-0.1, -0.05) is 12.1 Å². The van der Waals surface area contributed by atoms with Crippen molar-refractivity contribution in [1.82, 2.24) is 19.8 Å². The number of aromatic amines is 1. The fourth-order valence-electron chi connectivity index (χ4n) is 3.75. The minimum Gasteiger partial charge on any atom is -0.373 e. The molecule has 0 bridgehead atoms. The molecule has 0 fully saturated rings. The molecule has 3 N–H and O–H groups in total. The molecule has 0 aliphatic carbocycles. The molecule has 6 nitrogen and oxygen atoms in total. The van der Waals surface area contributed by atoms with E-state index in [1.165, 1.54) is 16.7 Å². The lowest BCUT2D eigenvalue weighted by molar-refractivity contribution is 0.543. The van der Waals surface area contributed by atoms with Crippen LogP contribution in [0.3, 0.4) is 0 Å². The maximum atomic E-state index is 4.41. The van der Waals surface area contributed by atoms with Gasteiger partial charge in [0.05, 0.1) is 5.54 Å². The van der Waals surface area contributed by atoms with Gasteiger partial charge in [-0.15, -0.1) is 10.2 Å². The molecule has 0 aliphatic heterocycles. The van der Waals surface area contributed by atoms with Crippen LogP contribution in [0.15, 0.2) is 42.5 Å². The second kappa shape index (κ2) is 6.95. The van der Waals surface area contributed by atoms with Gasteiger partial charge >= 0.3 is 0 Å². The Morgan fingerprint density at radius 1 is 0.862 bits per heavy atom. The van der Waals surface area contributed by atoms with Crippen LogP contribution in [0.2, 0.25) is 0 Å². The second-order valence-electron chi connectivity index (χ2n) is 8.44. The molecule has 29 heavy (non-hydrogen) atoms. The van der Waals surface area contributed by atoms with Crippen molar-refractivity contribution in [3.05, 3.63) is 70.7 Å². The van der Waals surface area contributed by atoms with E-state index in [0.717, 1.165) is 34.2 Å². The fourth-order valence-corrected chi connectivity index (χ4v) is 3.75. The topological polar surface area (TPSA) is 70.0 Å². The van der Waals surface area contributed by atoms with Gasteiger partial charge in [0.1, 0.15) is 0 Å². The molecular formula is C23H28N6. The van der Waals surface area contributed by atoms with E-state index in [1.807, 2.05) is 17.5 Å². The number of rotatable bonds is 5. The molecule has 0 saturated heterocycles. The van der Waals surface area contributed by atoms with Crippen molar-refractivity contribution in [1.29, 1.82) is 0 Å². The van der Waals surface area contributed by atoms with E-state index in [0.29, 0.717) is 0 Å². The lowest BCUT2D eigenvalue weighted by atomic mass is 10.0. The zero-order valence-electron chi connectivity index (χ0n) is 17.9. The first-order valence-electron chi connectivity index (χ1n) is 9.87. The molecule has 4 aromatic rings. The van der Waals surface area contributed by atoms with E-state index in [9.17, 15) is 0 Å². The van der Waals surface area contributed by atoms with Gasteiger partial charge in [0.15, 0.2) is 11.5 Å². The van der Waals surface area contributed by atoms with Gasteiger partial charge in [0, 0.05) is 28.8 Å². The van der Waals surface area contributed by atoms with Gasteiger partial charge in [-0.05, 0) is 82.5 Å². The smallest absolute Gasteiger partial charge is 0.177 e. The Morgan fingerprint density at radius 3 is 2.31 bits per heavy atom. The third-order valence-electron chi connectivity index (χ3n) is 5.08. The van der Waals surface area contributed by atoms with Crippen molar-refractivity contribution in [3.63, 3.8) is 0 Å². The fraction of sp³-hybridized carbons (Fsp3) is 0.304. The number of nitrogens with one attached hydrogen (secondary N) is 3. The highest BCUT2D eigenvalue weighted by Gasteiger charge is 2.28. The standard InChI is InChI=1S/C23H28N6/c1-14-9-15(2)11-19(10-14)24-18-8-7-16(3)20(13-18)25-23(5,6)22-27-26-21-12-17(4)28-29(21)22/h7-13,24-25,28H,1-6H3. The summed E-state index contributed by atoms with van der Waals surface area (Å²) >= 11 is 0. The number of aromatic nitrogens is 4. The van der Waals surface area contributed by atoms with Crippen molar-refractivity contribution in [2.45, 2.75) is 47.1 Å². The Morgan fingerprint density at radius 2 is 1.59 bits per heavy atom. The van der Waals surface area contributed by atoms with E-state index in [-0.39, 0.29) is 0 Å². The van der Waals surface area contributed by atoms with Crippen LogP contribution in [0.25, 0.3) is 5.65 Å². The van der Waals surface area contributed by atoms with Crippen LogP contribution >= 0.6 is 0 Å². The SMILES string of the molecule is Cc1cc(C)cc(Nc2ccc(C)c(NC(C)(C)c3nnc4cc(C)[nH]n34)c2)c1. The molecule has 2 aromatic carbocycles. The third kappa shape index (κ3) is 3.83. The van der Waals surface area contributed by atoms with Gasteiger partial charge in [-0.25, -0.2) is 4.52 Å². The summed E-state index contributed by atoms with van der Waals surface area (Å²) in [7, 11) is 0. The van der Waals surface area contributed by atoms with E-state index in [1.54, 1.807) is 0 Å². The van der Waals surface area contributed by atoms with Crippen LogP contribution < -0.4 is 10.6 Å². The molecule has 0 atom stereocenters. The average molecular weight is 389 g/mol. The maximum Gasteiger partial charge on any atom is 0.177 e. The van der Waals surface area contributed by atoms with Crippen molar-refractivity contribution >= 4 is 22.7 Å². The summed E-state index contributed by atoms with van der Waals surface area (Å²) in [6.45, 7) is 12.6. The summed E-state index contributed by atoms with van der Waals surface area (Å²) < 4.78 is 1.94. The number of nitrogens with zero attached hydrogens (tertiary/aromatic N) is 3. The minimum atomic E-state index is -0.417. The molecule has 0 spiro atoms. The van der Waals surface area contributed by atoms with Gasteiger partial charge in [-0.2, -0.15) is 0 Å². The highest BCUT2D eigenvalue weighted by Crippen LogP contribution is 2.30. The van der Waals surface area contributed by atoms with Gasteiger partial charge in [-0.3, -0.25) is 5.10 Å². The van der Waals surface area contributed by atoms with Gasteiger partial charge in [0.25, 0.3) is 0 Å². The van der Waals surface area contributed by atoms with Crippen LogP contribution in [0, 0.1) is 27.7 Å². The summed E-state index contributed by atoms with van der Waals surface area (Å²) in [6, 6.07) is 14.9. The zero-order valence-corrected chi connectivity index (χ0v) is 17.9. The zero-order chi connectivity index (χ0) is 20.8. The monoisotopic (exact) mass is 388 g/mol. The number of H-pyrrole nitrogens is 1. The van der Waals surface area contributed by atoms with Crippen LogP contribution in [0.4, 0.5) is 17.1 Å². The highest BCUT2D eigenvalue weighted by molar-refractivity contribution is 5.68. The second-order valence-corrected chi connectivity index (χ2v) is 8.44. The summed E-state index contributed by atoms with van der Waals surface area (Å²) in [4.78, 5) is 0. The minimum absolute atomic E-state index is 0.417. The Kier molecular flexibility index (Phi) is 4.57. The van der Waals surface area contributed by atoms with Crippen molar-refractivity contribution in [3.8, 4) is 0 Å². The van der Waals surface area contributed by atoms with E-state index in [4.69, 9.17) is 0 Å². The molecule has 150 valence electrons.